The monoisotopic (exact) mass is 436 g/mol. The van der Waals surface area contributed by atoms with E-state index in [4.69, 9.17) is 0 Å². The van der Waals surface area contributed by atoms with Crippen LogP contribution in [0.2, 0.25) is 0 Å². The maximum Gasteiger partial charge on any atom is 0.265 e. The lowest BCUT2D eigenvalue weighted by molar-refractivity contribution is 0.0649. The summed E-state index contributed by atoms with van der Waals surface area (Å²) >= 11 is 1.55. The van der Waals surface area contributed by atoms with E-state index in [0.717, 1.165) is 51.4 Å². The number of hydrogen-bond acceptors (Lipinski definition) is 7. The average molecular weight is 437 g/mol. The van der Waals surface area contributed by atoms with Gasteiger partial charge in [-0.3, -0.25) is 19.4 Å². The molecule has 2 aliphatic rings. The van der Waals surface area contributed by atoms with E-state index in [0.29, 0.717) is 12.1 Å². The zero-order valence-corrected chi connectivity index (χ0v) is 18.0. The summed E-state index contributed by atoms with van der Waals surface area (Å²) < 4.78 is 5.89. The van der Waals surface area contributed by atoms with Gasteiger partial charge in [-0.25, -0.2) is 0 Å². The maximum atomic E-state index is 12.5. The summed E-state index contributed by atoms with van der Waals surface area (Å²) in [5, 5.41) is 11.1. The first-order valence-electron chi connectivity index (χ1n) is 10.6. The van der Waals surface area contributed by atoms with E-state index in [2.05, 4.69) is 32.4 Å². The van der Waals surface area contributed by atoms with Crippen LogP contribution in [0, 0.1) is 0 Å². The summed E-state index contributed by atoms with van der Waals surface area (Å²) in [5.41, 5.74) is 0.439. The number of imide groups is 1. The van der Waals surface area contributed by atoms with Gasteiger partial charge in [0.2, 0.25) is 0 Å². The number of unbranched alkanes of at least 4 members (excludes halogenated alkanes) is 1. The molecule has 0 atom stereocenters. The number of nitrogens with zero attached hydrogens (tertiary/aromatic N) is 4. The quantitative estimate of drug-likeness (QED) is 0.472. The number of phenols is 1. The van der Waals surface area contributed by atoms with Gasteiger partial charge < -0.3 is 10.0 Å². The third-order valence-corrected chi connectivity index (χ3v) is 6.93. The molecule has 0 saturated carbocycles. The van der Waals surface area contributed by atoms with Gasteiger partial charge in [-0.05, 0) is 55.2 Å². The van der Waals surface area contributed by atoms with Gasteiger partial charge in [0.1, 0.15) is 11.6 Å². The number of aromatic hydroxyl groups is 1. The van der Waals surface area contributed by atoms with Gasteiger partial charge in [0.25, 0.3) is 11.8 Å². The zero-order valence-electron chi connectivity index (χ0n) is 17.2. The third-order valence-electron chi connectivity index (χ3n) is 6.11. The van der Waals surface area contributed by atoms with Crippen LogP contribution in [0.15, 0.2) is 42.5 Å². The molecule has 0 radical (unpaired) electrons. The molecule has 2 aliphatic heterocycles. The molecule has 3 heterocycles. The molecule has 0 aliphatic carbocycles. The average Bonchev–Trinajstić information content (AvgIpc) is 3.32. The number of benzene rings is 2. The third kappa shape index (κ3) is 3.66. The molecule has 31 heavy (non-hydrogen) atoms. The predicted molar refractivity (Wildman–Crippen MR) is 121 cm³/mol. The number of anilines is 1. The fourth-order valence-corrected chi connectivity index (χ4v) is 5.20. The largest absolute Gasteiger partial charge is 0.507 e. The van der Waals surface area contributed by atoms with Gasteiger partial charge in [-0.2, -0.15) is 4.37 Å². The molecule has 3 aromatic rings. The van der Waals surface area contributed by atoms with Crippen molar-refractivity contribution in [2.75, 3.05) is 44.2 Å². The smallest absolute Gasteiger partial charge is 0.265 e. The first kappa shape index (κ1) is 20.0. The molecule has 0 bridgehead atoms. The Morgan fingerprint density at radius 2 is 1.68 bits per heavy atom. The SMILES string of the molecule is O=C1c2cccc(O)c2C(=O)N1CCCCN1CCN(c2nsc3ccccc23)CC1. The predicted octanol–water partition coefficient (Wildman–Crippen LogP) is 3.20. The highest BCUT2D eigenvalue weighted by atomic mass is 32.1. The van der Waals surface area contributed by atoms with E-state index in [9.17, 15) is 14.7 Å². The summed E-state index contributed by atoms with van der Waals surface area (Å²) in [5.74, 6) is 0.278. The molecule has 5 rings (SSSR count). The highest BCUT2D eigenvalue weighted by Gasteiger charge is 2.37. The number of hydrogen-bond donors (Lipinski definition) is 1. The zero-order chi connectivity index (χ0) is 21.4. The Morgan fingerprint density at radius 1 is 0.903 bits per heavy atom. The number of aromatic nitrogens is 1. The van der Waals surface area contributed by atoms with E-state index in [1.807, 2.05) is 6.07 Å². The van der Waals surface area contributed by atoms with Crippen LogP contribution < -0.4 is 4.90 Å². The van der Waals surface area contributed by atoms with Crippen LogP contribution in [0.3, 0.4) is 0 Å². The highest BCUT2D eigenvalue weighted by Crippen LogP contribution is 2.31. The molecular formula is C23H24N4O3S. The van der Waals surface area contributed by atoms with Gasteiger partial charge in [-0.1, -0.05) is 18.2 Å². The first-order valence-corrected chi connectivity index (χ1v) is 11.4. The van der Waals surface area contributed by atoms with Gasteiger partial charge in [0, 0.05) is 38.1 Å². The fourth-order valence-electron chi connectivity index (χ4n) is 4.41. The van der Waals surface area contributed by atoms with Crippen LogP contribution in [0.4, 0.5) is 5.82 Å². The molecule has 0 unspecified atom stereocenters. The van der Waals surface area contributed by atoms with Crippen molar-refractivity contribution >= 4 is 39.3 Å². The van der Waals surface area contributed by atoms with E-state index in [-0.39, 0.29) is 23.1 Å². The second-order valence-electron chi connectivity index (χ2n) is 8.00. The minimum Gasteiger partial charge on any atom is -0.507 e. The topological polar surface area (TPSA) is 77.0 Å². The van der Waals surface area contributed by atoms with Crippen LogP contribution in [0.5, 0.6) is 5.75 Å². The second kappa shape index (κ2) is 8.28. The van der Waals surface area contributed by atoms with Crippen molar-refractivity contribution in [3.05, 3.63) is 53.6 Å². The van der Waals surface area contributed by atoms with Crippen molar-refractivity contribution < 1.29 is 14.7 Å². The molecule has 1 N–H and O–H groups in total. The molecule has 160 valence electrons. The second-order valence-corrected chi connectivity index (χ2v) is 8.80. The normalized spacial score (nSPS) is 17.0. The number of carbonyl (C=O) groups is 2. The van der Waals surface area contributed by atoms with Crippen molar-refractivity contribution in [3.63, 3.8) is 0 Å². The van der Waals surface area contributed by atoms with E-state index < -0.39 is 0 Å². The molecule has 8 heteroatoms. The van der Waals surface area contributed by atoms with Gasteiger partial charge in [-0.15, -0.1) is 0 Å². The summed E-state index contributed by atoms with van der Waals surface area (Å²) in [4.78, 5) is 31.0. The van der Waals surface area contributed by atoms with Crippen LogP contribution >= 0.6 is 11.5 Å². The Hall–Kier alpha value is -2.97. The van der Waals surface area contributed by atoms with Crippen LogP contribution in [0.1, 0.15) is 33.6 Å². The van der Waals surface area contributed by atoms with Gasteiger partial charge >= 0.3 is 0 Å². The van der Waals surface area contributed by atoms with E-state index >= 15 is 0 Å². The lowest BCUT2D eigenvalue weighted by Gasteiger charge is -2.35. The maximum absolute atomic E-state index is 12.5. The Morgan fingerprint density at radius 3 is 2.48 bits per heavy atom. The number of phenolic OH excluding ortho intramolecular Hbond substituents is 1. The lowest BCUT2D eigenvalue weighted by Crippen LogP contribution is -2.46. The Balaban J connectivity index is 1.09. The standard InChI is InChI=1S/C23H24N4O3S/c28-18-8-5-7-17-20(18)23(30)27(22(17)29)11-4-3-10-25-12-14-26(15-13-25)21-16-6-1-2-9-19(16)31-24-21/h1-2,5-9,28H,3-4,10-15H2. The minimum absolute atomic E-state index is 0.121. The summed E-state index contributed by atoms with van der Waals surface area (Å²) in [6, 6.07) is 13.0. The molecule has 1 fully saturated rings. The molecule has 7 nitrogen and oxygen atoms in total. The van der Waals surface area contributed by atoms with E-state index in [1.165, 1.54) is 21.1 Å². The van der Waals surface area contributed by atoms with Crippen LogP contribution in [0.25, 0.3) is 10.1 Å². The molecule has 2 amide bonds. The first-order chi connectivity index (χ1) is 15.1. The molecule has 0 spiro atoms. The van der Waals surface area contributed by atoms with Crippen molar-refractivity contribution in [2.24, 2.45) is 0 Å². The Labute approximate surface area is 184 Å². The minimum atomic E-state index is -0.387. The molecular weight excluding hydrogens is 412 g/mol. The fraction of sp³-hybridized carbons (Fsp3) is 0.348. The number of piperazine rings is 1. The number of rotatable bonds is 6. The van der Waals surface area contributed by atoms with Gasteiger partial charge in [0.15, 0.2) is 0 Å². The van der Waals surface area contributed by atoms with Crippen molar-refractivity contribution in [2.45, 2.75) is 12.8 Å². The molecule has 2 aromatic carbocycles. The summed E-state index contributed by atoms with van der Waals surface area (Å²) in [7, 11) is 0. The summed E-state index contributed by atoms with van der Waals surface area (Å²) in [6.45, 7) is 5.19. The number of amides is 2. The number of carbonyl (C=O) groups excluding carboxylic acids is 2. The van der Waals surface area contributed by atoms with Crippen molar-refractivity contribution in [3.8, 4) is 5.75 Å². The molecule has 1 aromatic heterocycles. The van der Waals surface area contributed by atoms with Crippen LogP contribution in [-0.4, -0.2) is 70.4 Å². The van der Waals surface area contributed by atoms with Crippen molar-refractivity contribution in [1.82, 2.24) is 14.2 Å². The summed E-state index contributed by atoms with van der Waals surface area (Å²) in [6.07, 6.45) is 1.67. The highest BCUT2D eigenvalue weighted by molar-refractivity contribution is 7.13. The van der Waals surface area contributed by atoms with Crippen molar-refractivity contribution in [1.29, 1.82) is 0 Å². The Bertz CT molecular complexity index is 1140. The number of fused-ring (bicyclic) bond motifs is 2. The Kier molecular flexibility index (Phi) is 5.33. The molecule has 1 saturated heterocycles. The van der Waals surface area contributed by atoms with Gasteiger partial charge in [0.05, 0.1) is 15.8 Å². The van der Waals surface area contributed by atoms with E-state index in [1.54, 1.807) is 23.7 Å². The lowest BCUT2D eigenvalue weighted by atomic mass is 10.1. The van der Waals surface area contributed by atoms with Crippen LogP contribution in [-0.2, 0) is 0 Å².